The summed E-state index contributed by atoms with van der Waals surface area (Å²) < 4.78 is 5.44. The third-order valence-corrected chi connectivity index (χ3v) is 3.44. The number of carbonyl (C=O) groups excluding carboxylic acids is 1. The molecule has 0 heterocycles. The monoisotopic (exact) mass is 303 g/mol. The fourth-order valence-corrected chi connectivity index (χ4v) is 2.03. The average molecular weight is 304 g/mol. The van der Waals surface area contributed by atoms with E-state index >= 15 is 0 Å². The number of rotatable bonds is 5. The Bertz CT molecular complexity index is 489. The number of carbonyl (C=O) groups is 1. The molecule has 2 rings (SSSR count). The summed E-state index contributed by atoms with van der Waals surface area (Å²) in [5.74, 6) is 0.0485. The van der Waals surface area contributed by atoms with Crippen LogP contribution >= 0.6 is 23.2 Å². The van der Waals surface area contributed by atoms with E-state index in [1.165, 1.54) is 25.0 Å². The van der Waals surface area contributed by atoms with E-state index in [-0.39, 0.29) is 22.4 Å². The fourth-order valence-electron chi connectivity index (χ4n) is 1.54. The van der Waals surface area contributed by atoms with E-state index in [4.69, 9.17) is 27.9 Å². The quantitative estimate of drug-likeness (QED) is 0.819. The second-order valence-electron chi connectivity index (χ2n) is 4.69. The highest BCUT2D eigenvalue weighted by Crippen LogP contribution is 2.35. The Morgan fingerprint density at radius 2 is 2.21 bits per heavy atom. The number of benzene rings is 1. The van der Waals surface area contributed by atoms with Crippen LogP contribution in [0.5, 0.6) is 5.75 Å². The summed E-state index contributed by atoms with van der Waals surface area (Å²) in [4.78, 5) is 11.9. The molecule has 0 saturated heterocycles. The smallest absolute Gasteiger partial charge is 0.253 e. The maximum Gasteiger partial charge on any atom is 0.253 e. The molecule has 1 aliphatic rings. The summed E-state index contributed by atoms with van der Waals surface area (Å²) in [6, 6.07) is 2.84. The number of phenolic OH excluding ortho intramolecular Hbond substituents is 1. The van der Waals surface area contributed by atoms with E-state index in [0.29, 0.717) is 17.5 Å². The summed E-state index contributed by atoms with van der Waals surface area (Å²) in [5, 5.41) is 12.7. The molecule has 0 unspecified atom stereocenters. The lowest BCUT2D eigenvalue weighted by molar-refractivity contribution is -0.126. The fraction of sp³-hybridized carbons (Fsp3) is 0.462. The number of anilines is 1. The third kappa shape index (κ3) is 4.00. The molecule has 1 amide bonds. The zero-order chi connectivity index (χ0) is 14.0. The molecule has 1 atom stereocenters. The van der Waals surface area contributed by atoms with Crippen LogP contribution in [0, 0.1) is 5.92 Å². The van der Waals surface area contributed by atoms with Gasteiger partial charge in [0.2, 0.25) is 0 Å². The number of halogens is 2. The van der Waals surface area contributed by atoms with Crippen molar-refractivity contribution in [3.63, 3.8) is 0 Å². The predicted octanol–water partition coefficient (Wildman–Crippen LogP) is 3.45. The Morgan fingerprint density at radius 1 is 1.53 bits per heavy atom. The molecular formula is C13H15Cl2NO3. The van der Waals surface area contributed by atoms with Crippen molar-refractivity contribution in [2.24, 2.45) is 5.92 Å². The zero-order valence-corrected chi connectivity index (χ0v) is 12.0. The van der Waals surface area contributed by atoms with Gasteiger partial charge in [0.05, 0.1) is 17.3 Å². The van der Waals surface area contributed by atoms with Crippen LogP contribution < -0.4 is 5.32 Å². The minimum absolute atomic E-state index is 0.0920. The van der Waals surface area contributed by atoms with E-state index in [9.17, 15) is 9.90 Å². The van der Waals surface area contributed by atoms with E-state index < -0.39 is 6.10 Å². The lowest BCUT2D eigenvalue weighted by atomic mass is 10.2. The summed E-state index contributed by atoms with van der Waals surface area (Å²) in [6.07, 6.45) is 1.75. The molecule has 4 nitrogen and oxygen atoms in total. The van der Waals surface area contributed by atoms with Crippen molar-refractivity contribution in [3.05, 3.63) is 22.2 Å². The molecule has 6 heteroatoms. The van der Waals surface area contributed by atoms with Gasteiger partial charge in [0, 0.05) is 5.02 Å². The Hall–Kier alpha value is -0.970. The van der Waals surface area contributed by atoms with Crippen LogP contribution in [0.3, 0.4) is 0 Å². The van der Waals surface area contributed by atoms with Gasteiger partial charge in [-0.2, -0.15) is 0 Å². The standard InChI is InChI=1S/C13H15Cl2NO3/c1-7(19-6-8-2-3-8)13(18)16-11-5-9(14)4-10(15)12(11)17/h4-5,7-8,17H,2-3,6H2,1H3,(H,16,18)/t7-/m0/s1. The largest absolute Gasteiger partial charge is 0.504 e. The van der Waals surface area contributed by atoms with Crippen molar-refractivity contribution in [2.75, 3.05) is 11.9 Å². The SMILES string of the molecule is C[C@H](OCC1CC1)C(=O)Nc1cc(Cl)cc(Cl)c1O. The number of aromatic hydroxyl groups is 1. The third-order valence-electron chi connectivity index (χ3n) is 2.93. The highest BCUT2D eigenvalue weighted by Gasteiger charge is 2.24. The van der Waals surface area contributed by atoms with Crippen LogP contribution in [-0.2, 0) is 9.53 Å². The average Bonchev–Trinajstić information content (AvgIpc) is 3.16. The van der Waals surface area contributed by atoms with E-state index in [0.717, 1.165) is 0 Å². The van der Waals surface area contributed by atoms with Crippen molar-refractivity contribution in [1.82, 2.24) is 0 Å². The van der Waals surface area contributed by atoms with Gasteiger partial charge in [-0.15, -0.1) is 0 Å². The molecule has 104 valence electrons. The Kier molecular flexibility index (Phi) is 4.55. The van der Waals surface area contributed by atoms with Crippen molar-refractivity contribution < 1.29 is 14.6 Å². The molecular weight excluding hydrogens is 289 g/mol. The molecule has 1 aliphatic carbocycles. The molecule has 0 spiro atoms. The molecule has 1 aromatic rings. The molecule has 1 aromatic carbocycles. The van der Waals surface area contributed by atoms with Crippen LogP contribution in [0.25, 0.3) is 0 Å². The van der Waals surface area contributed by atoms with E-state index in [1.54, 1.807) is 6.92 Å². The molecule has 2 N–H and O–H groups in total. The second kappa shape index (κ2) is 5.99. The first-order valence-electron chi connectivity index (χ1n) is 6.08. The van der Waals surface area contributed by atoms with Gasteiger partial charge < -0.3 is 15.2 Å². The van der Waals surface area contributed by atoms with Gasteiger partial charge in [-0.3, -0.25) is 4.79 Å². The first kappa shape index (κ1) is 14.4. The molecule has 0 bridgehead atoms. The first-order chi connectivity index (χ1) is 8.97. The zero-order valence-electron chi connectivity index (χ0n) is 10.5. The molecule has 0 aliphatic heterocycles. The molecule has 0 radical (unpaired) electrons. The van der Waals surface area contributed by atoms with E-state index in [1.807, 2.05) is 0 Å². The summed E-state index contributed by atoms with van der Waals surface area (Å²) in [6.45, 7) is 2.26. The lowest BCUT2D eigenvalue weighted by Crippen LogP contribution is -2.28. The number of nitrogens with one attached hydrogen (secondary N) is 1. The first-order valence-corrected chi connectivity index (χ1v) is 6.83. The summed E-state index contributed by atoms with van der Waals surface area (Å²) >= 11 is 11.6. The minimum atomic E-state index is -0.585. The van der Waals surface area contributed by atoms with Crippen molar-refractivity contribution in [1.29, 1.82) is 0 Å². The Labute approximate surface area is 121 Å². The van der Waals surface area contributed by atoms with Crippen LogP contribution in [0.1, 0.15) is 19.8 Å². The van der Waals surface area contributed by atoms with Gasteiger partial charge in [0.25, 0.3) is 5.91 Å². The minimum Gasteiger partial charge on any atom is -0.504 e. The van der Waals surface area contributed by atoms with Crippen LogP contribution in [-0.4, -0.2) is 23.7 Å². The number of phenols is 1. The summed E-state index contributed by atoms with van der Waals surface area (Å²) in [5.41, 5.74) is 0.185. The topological polar surface area (TPSA) is 58.6 Å². The lowest BCUT2D eigenvalue weighted by Gasteiger charge is -2.14. The highest BCUT2D eigenvalue weighted by molar-refractivity contribution is 6.36. The van der Waals surface area contributed by atoms with Gasteiger partial charge in [-0.25, -0.2) is 0 Å². The molecule has 19 heavy (non-hydrogen) atoms. The molecule has 0 aromatic heterocycles. The van der Waals surface area contributed by atoms with Gasteiger partial charge in [0.1, 0.15) is 6.10 Å². The second-order valence-corrected chi connectivity index (χ2v) is 5.54. The van der Waals surface area contributed by atoms with Gasteiger partial charge in [-0.05, 0) is 37.8 Å². The van der Waals surface area contributed by atoms with Crippen LogP contribution in [0.4, 0.5) is 5.69 Å². The predicted molar refractivity (Wildman–Crippen MR) is 74.9 cm³/mol. The highest BCUT2D eigenvalue weighted by atomic mass is 35.5. The molecule has 1 saturated carbocycles. The van der Waals surface area contributed by atoms with Gasteiger partial charge in [0.15, 0.2) is 5.75 Å². The number of hydrogen-bond donors (Lipinski definition) is 2. The van der Waals surface area contributed by atoms with Gasteiger partial charge in [-0.1, -0.05) is 23.2 Å². The van der Waals surface area contributed by atoms with Crippen LogP contribution in [0.15, 0.2) is 12.1 Å². The number of amides is 1. The van der Waals surface area contributed by atoms with Crippen molar-refractivity contribution in [2.45, 2.75) is 25.9 Å². The Morgan fingerprint density at radius 3 is 2.84 bits per heavy atom. The van der Waals surface area contributed by atoms with Crippen molar-refractivity contribution >= 4 is 34.8 Å². The van der Waals surface area contributed by atoms with Gasteiger partial charge >= 0.3 is 0 Å². The van der Waals surface area contributed by atoms with Crippen LogP contribution in [0.2, 0.25) is 10.0 Å². The number of ether oxygens (including phenoxy) is 1. The Balaban J connectivity index is 1.97. The van der Waals surface area contributed by atoms with E-state index in [2.05, 4.69) is 5.32 Å². The normalized spacial score (nSPS) is 16.2. The van der Waals surface area contributed by atoms with Crippen molar-refractivity contribution in [3.8, 4) is 5.75 Å². The maximum absolute atomic E-state index is 11.9. The number of hydrogen-bond acceptors (Lipinski definition) is 3. The summed E-state index contributed by atoms with van der Waals surface area (Å²) in [7, 11) is 0. The molecule has 1 fully saturated rings. The maximum atomic E-state index is 11.9.